The molecule has 0 aromatic carbocycles. The van der Waals surface area contributed by atoms with Crippen molar-refractivity contribution in [3.05, 3.63) is 0 Å². The number of carbonyl (C=O) groups excluding carboxylic acids is 1. The third-order valence-corrected chi connectivity index (χ3v) is 3.60. The number of carbonyl (C=O) groups is 1. The Morgan fingerprint density at radius 2 is 1.25 bits per heavy atom. The number of nitrogens with zero attached hydrogens (tertiary/aromatic N) is 2. The highest BCUT2D eigenvalue weighted by atomic mass is 16.3. The van der Waals surface area contributed by atoms with Gasteiger partial charge in [0.15, 0.2) is 5.72 Å². The third-order valence-electron chi connectivity index (χ3n) is 3.60. The van der Waals surface area contributed by atoms with Gasteiger partial charge in [0.05, 0.1) is 6.54 Å². The molecule has 0 amide bonds. The van der Waals surface area contributed by atoms with Crippen LogP contribution in [0.15, 0.2) is 10.2 Å². The molecular formula is C22H50N4O2. The quantitative estimate of drug-likeness (QED) is 0.137. The summed E-state index contributed by atoms with van der Waals surface area (Å²) < 4.78 is 0. The zero-order valence-corrected chi connectivity index (χ0v) is 19.7. The summed E-state index contributed by atoms with van der Waals surface area (Å²) in [6.07, 6.45) is 15.6. The molecule has 0 radical (unpaired) electrons. The predicted octanol–water partition coefficient (Wildman–Crippen LogP) is 5.93. The van der Waals surface area contributed by atoms with Crippen molar-refractivity contribution in [2.45, 2.75) is 124 Å². The fourth-order valence-electron chi connectivity index (χ4n) is 2.19. The molecule has 0 atom stereocenters. The molecular weight excluding hydrogens is 352 g/mol. The summed E-state index contributed by atoms with van der Waals surface area (Å²) in [5.74, 6) is 5.29. The minimum atomic E-state index is -0.998. The van der Waals surface area contributed by atoms with Gasteiger partial charge in [0.1, 0.15) is 5.78 Å². The summed E-state index contributed by atoms with van der Waals surface area (Å²) in [6, 6.07) is 0. The number of unbranched alkanes of at least 4 members (excludes halogenated alkanes) is 10. The van der Waals surface area contributed by atoms with E-state index in [-0.39, 0.29) is 5.78 Å². The minimum absolute atomic E-state index is 0.167. The zero-order chi connectivity index (χ0) is 22.1. The highest BCUT2D eigenvalue weighted by molar-refractivity contribution is 5.72. The molecule has 0 aliphatic rings. The Balaban J connectivity index is -0.000000388. The van der Waals surface area contributed by atoms with Gasteiger partial charge in [-0.1, -0.05) is 78.1 Å². The fraction of sp³-hybridized carbons (Fsp3) is 0.955. The van der Waals surface area contributed by atoms with Crippen LogP contribution in [0, 0.1) is 0 Å². The van der Waals surface area contributed by atoms with Gasteiger partial charge in [0.2, 0.25) is 0 Å². The Morgan fingerprint density at radius 1 is 0.857 bits per heavy atom. The minimum Gasteiger partial charge on any atom is -0.368 e. The van der Waals surface area contributed by atoms with Crippen LogP contribution in [0.3, 0.4) is 0 Å². The van der Waals surface area contributed by atoms with Crippen LogP contribution in [0.1, 0.15) is 119 Å². The van der Waals surface area contributed by atoms with Crippen LogP contribution in [0.2, 0.25) is 0 Å². The van der Waals surface area contributed by atoms with E-state index in [1.807, 2.05) is 0 Å². The van der Waals surface area contributed by atoms with Crippen molar-refractivity contribution in [2.24, 2.45) is 16.1 Å². The van der Waals surface area contributed by atoms with Gasteiger partial charge in [-0.25, -0.2) is 0 Å². The van der Waals surface area contributed by atoms with Crippen molar-refractivity contribution in [3.8, 4) is 0 Å². The molecule has 0 spiro atoms. The highest BCUT2D eigenvalue weighted by Crippen LogP contribution is 2.07. The molecule has 170 valence electrons. The number of azo groups is 1. The molecule has 6 nitrogen and oxygen atoms in total. The second kappa shape index (κ2) is 26.1. The summed E-state index contributed by atoms with van der Waals surface area (Å²) in [4.78, 5) is 9.44. The molecule has 0 saturated heterocycles. The smallest absolute Gasteiger partial charge is 0.170 e. The number of hydrogen-bond acceptors (Lipinski definition) is 6. The number of hydrazine groups is 1. The van der Waals surface area contributed by atoms with Crippen LogP contribution in [0.25, 0.3) is 0 Å². The van der Waals surface area contributed by atoms with Crippen molar-refractivity contribution in [2.75, 3.05) is 13.1 Å². The Bertz CT molecular complexity index is 317. The van der Waals surface area contributed by atoms with Crippen LogP contribution in [-0.4, -0.2) is 29.7 Å². The van der Waals surface area contributed by atoms with Gasteiger partial charge in [0, 0.05) is 6.54 Å². The number of rotatable bonds is 15. The van der Waals surface area contributed by atoms with Gasteiger partial charge < -0.3 is 9.90 Å². The van der Waals surface area contributed by atoms with E-state index in [1.165, 1.54) is 84.5 Å². The van der Waals surface area contributed by atoms with Crippen molar-refractivity contribution < 1.29 is 9.90 Å². The first kappa shape index (κ1) is 31.8. The average Bonchev–Trinajstić information content (AvgIpc) is 2.59. The molecule has 0 aromatic rings. The first-order valence-corrected chi connectivity index (χ1v) is 11.2. The standard InChI is InChI=1S/C11H24N2O.C8H20N2.C3H6O/c1-4-5-6-7-8-9-10-12-13-11(2,3)14;1-2-3-4-5-6-7-8-10-9;1-3(2)4/h14H,4-10H2,1-3H3;10H,2-9H2,1H3;1-2H3/b13-12+;;. The first-order valence-electron chi connectivity index (χ1n) is 11.2. The largest absolute Gasteiger partial charge is 0.368 e. The molecule has 0 aliphatic heterocycles. The lowest BCUT2D eigenvalue weighted by Crippen LogP contribution is -2.22. The number of nitrogens with one attached hydrogen (secondary N) is 1. The molecule has 0 fully saturated rings. The lowest BCUT2D eigenvalue weighted by atomic mass is 10.1. The molecule has 0 heterocycles. The lowest BCUT2D eigenvalue weighted by molar-refractivity contribution is -0.115. The molecule has 0 aromatic heterocycles. The number of hydrogen-bond donors (Lipinski definition) is 3. The van der Waals surface area contributed by atoms with Crippen LogP contribution in [-0.2, 0) is 4.79 Å². The second-order valence-electron chi connectivity index (χ2n) is 7.86. The van der Waals surface area contributed by atoms with E-state index >= 15 is 0 Å². The van der Waals surface area contributed by atoms with E-state index in [4.69, 9.17) is 5.84 Å². The van der Waals surface area contributed by atoms with Gasteiger partial charge in [0.25, 0.3) is 0 Å². The second-order valence-corrected chi connectivity index (χ2v) is 7.86. The summed E-state index contributed by atoms with van der Waals surface area (Å²) in [5.41, 5.74) is 1.66. The van der Waals surface area contributed by atoms with E-state index in [0.29, 0.717) is 0 Å². The maximum Gasteiger partial charge on any atom is 0.170 e. The van der Waals surface area contributed by atoms with Gasteiger partial charge >= 0.3 is 0 Å². The maximum absolute atomic E-state index is 9.44. The van der Waals surface area contributed by atoms with E-state index in [0.717, 1.165) is 19.5 Å². The number of Topliss-reactive ketones (excluding diaryl/α,β-unsaturated/α-hetero) is 1. The monoisotopic (exact) mass is 402 g/mol. The van der Waals surface area contributed by atoms with Crippen LogP contribution in [0.4, 0.5) is 0 Å². The van der Waals surface area contributed by atoms with Gasteiger partial charge in [-0.05, 0) is 40.5 Å². The Kier molecular flexibility index (Phi) is 29.7. The van der Waals surface area contributed by atoms with Crippen LogP contribution >= 0.6 is 0 Å². The van der Waals surface area contributed by atoms with Crippen molar-refractivity contribution in [3.63, 3.8) is 0 Å². The number of ketones is 1. The van der Waals surface area contributed by atoms with E-state index < -0.39 is 5.72 Å². The van der Waals surface area contributed by atoms with E-state index in [9.17, 15) is 9.90 Å². The summed E-state index contributed by atoms with van der Waals surface area (Å²) >= 11 is 0. The normalized spacial score (nSPS) is 10.9. The predicted molar refractivity (Wildman–Crippen MR) is 121 cm³/mol. The van der Waals surface area contributed by atoms with Crippen molar-refractivity contribution in [1.29, 1.82) is 0 Å². The number of nitrogens with two attached hydrogens (primary N) is 1. The van der Waals surface area contributed by atoms with Crippen LogP contribution < -0.4 is 11.3 Å². The maximum atomic E-state index is 9.44. The van der Waals surface area contributed by atoms with Gasteiger partial charge in [-0.15, -0.1) is 0 Å². The molecule has 4 N–H and O–H groups in total. The zero-order valence-electron chi connectivity index (χ0n) is 19.7. The van der Waals surface area contributed by atoms with Crippen LogP contribution in [0.5, 0.6) is 0 Å². The lowest BCUT2D eigenvalue weighted by Gasteiger charge is -2.07. The molecule has 0 saturated carbocycles. The summed E-state index contributed by atoms with van der Waals surface area (Å²) in [5, 5.41) is 16.9. The highest BCUT2D eigenvalue weighted by Gasteiger charge is 2.07. The molecule has 0 aliphatic carbocycles. The summed E-state index contributed by atoms with van der Waals surface area (Å²) in [7, 11) is 0. The SMILES string of the molecule is CC(C)=O.CCCCCCCC/N=N/C(C)(C)O.CCCCCCCCNN. The Labute approximate surface area is 175 Å². The van der Waals surface area contributed by atoms with Gasteiger partial charge in [-0.3, -0.25) is 11.3 Å². The van der Waals surface area contributed by atoms with E-state index in [1.54, 1.807) is 13.8 Å². The van der Waals surface area contributed by atoms with Crippen molar-refractivity contribution >= 4 is 5.78 Å². The molecule has 0 rings (SSSR count). The molecule has 28 heavy (non-hydrogen) atoms. The van der Waals surface area contributed by atoms with E-state index in [2.05, 4.69) is 29.5 Å². The summed E-state index contributed by atoms with van der Waals surface area (Å²) in [6.45, 7) is 12.5. The third kappa shape index (κ3) is 49.9. The molecule has 6 heteroatoms. The van der Waals surface area contributed by atoms with Crippen molar-refractivity contribution in [1.82, 2.24) is 5.43 Å². The Hall–Kier alpha value is -0.850. The topological polar surface area (TPSA) is 100 Å². The molecule has 0 unspecified atom stereocenters. The fourth-order valence-corrected chi connectivity index (χ4v) is 2.19. The molecule has 0 bridgehead atoms. The Morgan fingerprint density at radius 3 is 1.64 bits per heavy atom. The number of aliphatic hydroxyl groups is 1. The van der Waals surface area contributed by atoms with Gasteiger partial charge in [-0.2, -0.15) is 10.2 Å². The first-order chi connectivity index (χ1) is 13.2. The average molecular weight is 403 g/mol.